The quantitative estimate of drug-likeness (QED) is 0.0688. The Morgan fingerprint density at radius 3 is 1.91 bits per heavy atom. The van der Waals surface area contributed by atoms with Crippen LogP contribution in [0.5, 0.6) is 0 Å². The molecule has 5 saturated heterocycles. The van der Waals surface area contributed by atoms with Gasteiger partial charge in [0.05, 0.1) is 49.8 Å². The average molecular weight is 1150 g/mol. The highest BCUT2D eigenvalue weighted by Gasteiger charge is 2.61. The molecule has 9 rings (SSSR count). The van der Waals surface area contributed by atoms with Crippen molar-refractivity contribution < 1.29 is 117 Å². The third-order valence-electron chi connectivity index (χ3n) is 20.2. The standard InChI is InChI=1S/C56H92O24/c1-23(72-53-50(48(69-10)39(60)24(2)73-53)80-52-45(66)43(64)41(62)36(78-52)22-70-51-44(65)42(63)40(61)35(21-57)77-51)31-13-14-32-30-12-11-28-19-29(15-17-55(28,6)33(30)16-18-56(31,32)7)76-37-20-34(67-8)46(26(4)71-37)79-54-49(75-27(5)58)47(68-9)38(59)25(3)74-54/h11,23-26,29-54,57,59-66H,12-22H2,1-10H3/t23-,24+,25-,26+,29-,30+,31+,32+,33-,34-,35+,36+,37-,38-,39-,40+,41+,42-,43-,44+,45-,46-,47-,48+,49+,50+,51+,52+,53-,54-,55-,56+/m0/s1. The highest BCUT2D eigenvalue weighted by molar-refractivity contribution is 5.66. The molecule has 0 aromatic rings. The van der Waals surface area contributed by atoms with Gasteiger partial charge in [0.15, 0.2) is 37.6 Å². The molecule has 32 atom stereocenters. The number of ether oxygens (including phenoxy) is 14. The van der Waals surface area contributed by atoms with Crippen molar-refractivity contribution >= 4 is 5.97 Å². The molecule has 0 unspecified atom stereocenters. The summed E-state index contributed by atoms with van der Waals surface area (Å²) < 4.78 is 85.4. The molecule has 0 amide bonds. The lowest BCUT2D eigenvalue weighted by atomic mass is 9.47. The van der Waals surface area contributed by atoms with Crippen LogP contribution in [0.15, 0.2) is 11.6 Å². The van der Waals surface area contributed by atoms with Crippen LogP contribution in [0.4, 0.5) is 0 Å². The zero-order valence-corrected chi connectivity index (χ0v) is 47.8. The van der Waals surface area contributed by atoms with Gasteiger partial charge in [0.25, 0.3) is 0 Å². The number of carbonyl (C=O) groups excluding carboxylic acids is 1. The fourth-order valence-corrected chi connectivity index (χ4v) is 15.7. The molecule has 0 aromatic heterocycles. The first-order valence-corrected chi connectivity index (χ1v) is 29.0. The molecule has 80 heavy (non-hydrogen) atoms. The molecule has 9 aliphatic rings. The molecule has 0 radical (unpaired) electrons. The molecule has 24 heteroatoms. The summed E-state index contributed by atoms with van der Waals surface area (Å²) in [5.74, 6) is 0.964. The molecule has 0 aromatic carbocycles. The van der Waals surface area contributed by atoms with E-state index < -0.39 is 167 Å². The first kappa shape index (κ1) is 62.8. The Labute approximate surface area is 468 Å². The molecule has 0 bridgehead atoms. The summed E-state index contributed by atoms with van der Waals surface area (Å²) in [4.78, 5) is 12.1. The summed E-state index contributed by atoms with van der Waals surface area (Å²) in [6.45, 7) is 12.2. The number of allylic oxidation sites excluding steroid dienone is 1. The SMILES string of the molecule is CO[C@@H]1[C@@H](O)[C@@H](C)O[C@H](O[C@@H](C)[C@H]2CC[C@@H]3[C@H]4CC=C5C[C@@H](O[C@H]6C[C@H](OC)[C@@H](O[C@@H]7O[C@@H](C)[C@H](O)[C@H](OC)[C@H]7OC(C)=O)[C@@H](C)O6)CC[C@]5(C)[C@H]4CC[C@@]32C)[C@@H]1O[C@H]1O[C@H](CO[C@@H]2O[C@H](CO)[C@@H](O)[C@H](O)[C@H]2O)[C@@H](O)[C@H](O)[C@@H]1O. The lowest BCUT2D eigenvalue weighted by molar-refractivity contribution is -0.376. The molecule has 8 fully saturated rings. The van der Waals surface area contributed by atoms with Crippen molar-refractivity contribution in [2.24, 2.45) is 34.5 Å². The Morgan fingerprint density at radius 2 is 1.26 bits per heavy atom. The number of esters is 1. The highest BCUT2D eigenvalue weighted by Crippen LogP contribution is 2.67. The monoisotopic (exact) mass is 1150 g/mol. The molecule has 3 saturated carbocycles. The van der Waals surface area contributed by atoms with Crippen LogP contribution in [0, 0.1) is 34.5 Å². The molecular weight excluding hydrogens is 1060 g/mol. The molecule has 4 aliphatic carbocycles. The lowest BCUT2D eigenvalue weighted by Gasteiger charge is -2.58. The predicted molar refractivity (Wildman–Crippen MR) is 274 cm³/mol. The van der Waals surface area contributed by atoms with Crippen molar-refractivity contribution in [2.75, 3.05) is 34.5 Å². The van der Waals surface area contributed by atoms with Crippen LogP contribution < -0.4 is 0 Å². The summed E-state index contributed by atoms with van der Waals surface area (Å²) in [6.07, 6.45) is -18.1. The van der Waals surface area contributed by atoms with Gasteiger partial charge in [-0.05, 0) is 114 Å². The van der Waals surface area contributed by atoms with E-state index in [1.165, 1.54) is 26.7 Å². The topological polar surface area (TPSA) is 328 Å². The number of aliphatic hydroxyl groups is 9. The highest BCUT2D eigenvalue weighted by atomic mass is 16.8. The second-order valence-corrected chi connectivity index (χ2v) is 24.7. The summed E-state index contributed by atoms with van der Waals surface area (Å²) >= 11 is 0. The summed E-state index contributed by atoms with van der Waals surface area (Å²) in [7, 11) is 4.47. The van der Waals surface area contributed by atoms with Gasteiger partial charge in [0.1, 0.15) is 85.5 Å². The third kappa shape index (κ3) is 12.1. The average Bonchev–Trinajstić information content (AvgIpc) is 4.02. The van der Waals surface area contributed by atoms with Gasteiger partial charge in [-0.3, -0.25) is 4.79 Å². The number of aliphatic hydroxyl groups excluding tert-OH is 9. The Balaban J connectivity index is 0.819. The largest absolute Gasteiger partial charge is 0.454 e. The van der Waals surface area contributed by atoms with Gasteiger partial charge in [-0.1, -0.05) is 25.5 Å². The summed E-state index contributed by atoms with van der Waals surface area (Å²) in [5, 5.41) is 96.0. The van der Waals surface area contributed by atoms with Crippen LogP contribution >= 0.6 is 0 Å². The van der Waals surface area contributed by atoms with Gasteiger partial charge in [0.2, 0.25) is 0 Å². The van der Waals surface area contributed by atoms with E-state index in [2.05, 4.69) is 19.9 Å². The maximum atomic E-state index is 12.1. The normalized spacial score (nSPS) is 52.0. The van der Waals surface area contributed by atoms with Crippen molar-refractivity contribution in [1.82, 2.24) is 0 Å². The molecule has 9 N–H and O–H groups in total. The number of fused-ring (bicyclic) bond motifs is 5. The van der Waals surface area contributed by atoms with Gasteiger partial charge in [0, 0.05) is 34.7 Å². The molecule has 460 valence electrons. The third-order valence-corrected chi connectivity index (χ3v) is 20.2. The van der Waals surface area contributed by atoms with Crippen LogP contribution in [0.1, 0.15) is 106 Å². The predicted octanol–water partition coefficient (Wildman–Crippen LogP) is 0.0732. The molecule has 5 aliphatic heterocycles. The van der Waals surface area contributed by atoms with Crippen LogP contribution in [0.25, 0.3) is 0 Å². The van der Waals surface area contributed by atoms with E-state index in [1.807, 2.05) is 13.8 Å². The number of carbonyl (C=O) groups is 1. The van der Waals surface area contributed by atoms with Gasteiger partial charge in [-0.25, -0.2) is 0 Å². The fourth-order valence-electron chi connectivity index (χ4n) is 15.7. The van der Waals surface area contributed by atoms with E-state index in [0.29, 0.717) is 24.2 Å². The van der Waals surface area contributed by atoms with Gasteiger partial charge in [-0.2, -0.15) is 0 Å². The minimum atomic E-state index is -1.81. The lowest BCUT2D eigenvalue weighted by Crippen LogP contribution is -2.65. The van der Waals surface area contributed by atoms with Crippen LogP contribution in [-0.2, 0) is 71.1 Å². The van der Waals surface area contributed by atoms with Crippen molar-refractivity contribution in [3.63, 3.8) is 0 Å². The van der Waals surface area contributed by atoms with E-state index in [9.17, 15) is 50.8 Å². The summed E-state index contributed by atoms with van der Waals surface area (Å²) in [5.41, 5.74) is 1.38. The van der Waals surface area contributed by atoms with Crippen LogP contribution in [0.3, 0.4) is 0 Å². The van der Waals surface area contributed by atoms with Crippen molar-refractivity contribution in [3.8, 4) is 0 Å². The molecule has 5 heterocycles. The number of hydrogen-bond acceptors (Lipinski definition) is 24. The van der Waals surface area contributed by atoms with Gasteiger partial charge in [-0.15, -0.1) is 0 Å². The minimum Gasteiger partial charge on any atom is -0.454 e. The molecular formula is C56H92O24. The second-order valence-electron chi connectivity index (χ2n) is 24.7. The van der Waals surface area contributed by atoms with Gasteiger partial charge < -0.3 is 112 Å². The first-order chi connectivity index (χ1) is 38.0. The maximum Gasteiger partial charge on any atom is 0.303 e. The fraction of sp³-hybridized carbons (Fsp3) is 0.946. The van der Waals surface area contributed by atoms with Gasteiger partial charge >= 0.3 is 5.97 Å². The summed E-state index contributed by atoms with van der Waals surface area (Å²) in [6, 6.07) is 0. The number of methoxy groups -OCH3 is 3. The minimum absolute atomic E-state index is 0.00929. The zero-order chi connectivity index (χ0) is 57.9. The zero-order valence-electron chi connectivity index (χ0n) is 47.8. The first-order valence-electron chi connectivity index (χ1n) is 29.0. The maximum absolute atomic E-state index is 12.1. The number of hydrogen-bond donors (Lipinski definition) is 9. The van der Waals surface area contributed by atoms with E-state index in [0.717, 1.165) is 51.4 Å². The van der Waals surface area contributed by atoms with E-state index in [1.54, 1.807) is 21.0 Å². The molecule has 0 spiro atoms. The molecule has 24 nitrogen and oxygen atoms in total. The smallest absolute Gasteiger partial charge is 0.303 e. The Bertz CT molecular complexity index is 2070. The van der Waals surface area contributed by atoms with E-state index >= 15 is 0 Å². The van der Waals surface area contributed by atoms with E-state index in [4.69, 9.17) is 66.3 Å². The Kier molecular flexibility index (Phi) is 20.2. The van der Waals surface area contributed by atoms with Crippen molar-refractivity contribution in [2.45, 2.75) is 266 Å². The Hall–Kier alpha value is -1.67. The van der Waals surface area contributed by atoms with E-state index in [-0.39, 0.29) is 29.0 Å². The van der Waals surface area contributed by atoms with Crippen LogP contribution in [0.2, 0.25) is 0 Å². The van der Waals surface area contributed by atoms with Crippen molar-refractivity contribution in [1.29, 1.82) is 0 Å². The van der Waals surface area contributed by atoms with Crippen molar-refractivity contribution in [3.05, 3.63) is 11.6 Å². The Morgan fingerprint density at radius 1 is 0.637 bits per heavy atom. The number of rotatable bonds is 17. The second kappa shape index (κ2) is 25.7. The van der Waals surface area contributed by atoms with Crippen LogP contribution in [-0.4, -0.2) is 246 Å².